The van der Waals surface area contributed by atoms with E-state index >= 15 is 0 Å². The lowest BCUT2D eigenvalue weighted by atomic mass is 9.90. The van der Waals surface area contributed by atoms with Crippen molar-refractivity contribution >= 4 is 5.97 Å². The number of aryl methyl sites for hydroxylation is 1. The molecule has 0 spiro atoms. The summed E-state index contributed by atoms with van der Waals surface area (Å²) in [5.41, 5.74) is -1.12. The number of benzene rings is 1. The number of likely N-dealkylation sites (tertiary alicyclic amines) is 1. The summed E-state index contributed by atoms with van der Waals surface area (Å²) in [5.74, 6) is 2.06. The number of ether oxygens (including phenoxy) is 1. The van der Waals surface area contributed by atoms with Crippen molar-refractivity contribution in [1.82, 2.24) is 4.90 Å². The summed E-state index contributed by atoms with van der Waals surface area (Å²) in [6.07, 6.45) is 1.98. The molecule has 2 heterocycles. The van der Waals surface area contributed by atoms with Gasteiger partial charge in [0.1, 0.15) is 17.3 Å². The maximum atomic E-state index is 11.9. The first-order valence-electron chi connectivity index (χ1n) is 9.25. The number of rotatable bonds is 7. The van der Waals surface area contributed by atoms with Crippen molar-refractivity contribution in [3.05, 3.63) is 54.0 Å². The van der Waals surface area contributed by atoms with E-state index in [9.17, 15) is 9.90 Å². The number of hydrogen-bond acceptors (Lipinski definition) is 4. The van der Waals surface area contributed by atoms with Crippen LogP contribution in [0.4, 0.5) is 0 Å². The number of hydrogen-bond donors (Lipinski definition) is 1. The van der Waals surface area contributed by atoms with Gasteiger partial charge in [0.2, 0.25) is 5.60 Å². The van der Waals surface area contributed by atoms with Gasteiger partial charge in [0.05, 0.1) is 0 Å². The zero-order valence-corrected chi connectivity index (χ0v) is 15.5. The number of piperidine rings is 1. The first kappa shape index (κ1) is 18.5. The van der Waals surface area contributed by atoms with Crippen molar-refractivity contribution in [3.8, 4) is 5.75 Å². The minimum absolute atomic E-state index is 0.357. The molecule has 1 aromatic carbocycles. The third-order valence-electron chi connectivity index (χ3n) is 5.24. The molecule has 5 heteroatoms. The van der Waals surface area contributed by atoms with Gasteiger partial charge in [-0.3, -0.25) is 0 Å². The van der Waals surface area contributed by atoms with E-state index < -0.39 is 11.6 Å². The van der Waals surface area contributed by atoms with Crippen molar-refractivity contribution in [2.45, 2.75) is 44.6 Å². The zero-order valence-electron chi connectivity index (χ0n) is 15.5. The van der Waals surface area contributed by atoms with Gasteiger partial charge in [0.15, 0.2) is 0 Å². The molecule has 0 saturated carbocycles. The molecule has 2 aromatic rings. The summed E-state index contributed by atoms with van der Waals surface area (Å²) in [4.78, 5) is 14.2. The molecule has 1 N–H and O–H groups in total. The van der Waals surface area contributed by atoms with Gasteiger partial charge in [-0.2, -0.15) is 0 Å². The van der Waals surface area contributed by atoms with Crippen LogP contribution in [-0.2, 0) is 4.79 Å². The minimum Gasteiger partial charge on any atom is -0.478 e. The Morgan fingerprint density at radius 1 is 1.23 bits per heavy atom. The van der Waals surface area contributed by atoms with E-state index in [-0.39, 0.29) is 0 Å². The van der Waals surface area contributed by atoms with Crippen LogP contribution in [0.25, 0.3) is 0 Å². The smallest absolute Gasteiger partial charge is 0.348 e. The van der Waals surface area contributed by atoms with Gasteiger partial charge < -0.3 is 19.2 Å². The van der Waals surface area contributed by atoms with Crippen LogP contribution in [0.1, 0.15) is 43.6 Å². The second-order valence-corrected chi connectivity index (χ2v) is 7.19. The standard InChI is InChI=1S/C21H27NO4/c1-16(19-9-8-17(2)25-19)10-13-22-14-11-21(12-15-22,20(23)24)26-18-6-4-3-5-7-18/h3-9,16H,10-15H2,1-2H3,(H,23,24). The average Bonchev–Trinajstić information content (AvgIpc) is 3.08. The van der Waals surface area contributed by atoms with Gasteiger partial charge in [-0.05, 0) is 44.2 Å². The number of carboxylic acid groups (broad SMARTS) is 1. The molecule has 1 atom stereocenters. The number of furan rings is 1. The molecule has 1 saturated heterocycles. The van der Waals surface area contributed by atoms with Crippen molar-refractivity contribution < 1.29 is 19.1 Å². The molecule has 1 aliphatic rings. The molecule has 5 nitrogen and oxygen atoms in total. The van der Waals surface area contributed by atoms with Crippen LogP contribution in [0, 0.1) is 6.92 Å². The van der Waals surface area contributed by atoms with Crippen LogP contribution in [0.15, 0.2) is 46.9 Å². The minimum atomic E-state index is -1.12. The first-order valence-corrected chi connectivity index (χ1v) is 9.25. The summed E-state index contributed by atoms with van der Waals surface area (Å²) >= 11 is 0. The fourth-order valence-corrected chi connectivity index (χ4v) is 3.45. The van der Waals surface area contributed by atoms with E-state index in [2.05, 4.69) is 11.8 Å². The van der Waals surface area contributed by atoms with Crippen LogP contribution in [0.2, 0.25) is 0 Å². The molecule has 1 aliphatic heterocycles. The number of aliphatic carboxylic acids is 1. The van der Waals surface area contributed by atoms with Gasteiger partial charge in [0, 0.05) is 31.8 Å². The molecule has 0 amide bonds. The van der Waals surface area contributed by atoms with E-state index in [1.54, 1.807) is 0 Å². The molecule has 1 aromatic heterocycles. The van der Waals surface area contributed by atoms with Crippen LogP contribution >= 0.6 is 0 Å². The molecule has 0 bridgehead atoms. The number of para-hydroxylation sites is 1. The van der Waals surface area contributed by atoms with Crippen molar-refractivity contribution in [1.29, 1.82) is 0 Å². The van der Waals surface area contributed by atoms with Crippen LogP contribution < -0.4 is 4.74 Å². The Morgan fingerprint density at radius 2 is 1.92 bits per heavy atom. The molecular formula is C21H27NO4. The van der Waals surface area contributed by atoms with Gasteiger partial charge in [-0.25, -0.2) is 4.79 Å². The summed E-state index contributed by atoms with van der Waals surface area (Å²) in [6, 6.07) is 13.3. The second-order valence-electron chi connectivity index (χ2n) is 7.19. The highest BCUT2D eigenvalue weighted by Gasteiger charge is 2.44. The second kappa shape index (κ2) is 7.96. The van der Waals surface area contributed by atoms with Gasteiger partial charge in [-0.1, -0.05) is 25.1 Å². The molecule has 1 fully saturated rings. The van der Waals surface area contributed by atoms with E-state index in [1.165, 1.54) is 0 Å². The lowest BCUT2D eigenvalue weighted by Gasteiger charge is -2.39. The average molecular weight is 357 g/mol. The third kappa shape index (κ3) is 4.28. The summed E-state index contributed by atoms with van der Waals surface area (Å²) < 4.78 is 11.6. The number of carbonyl (C=O) groups is 1. The number of carboxylic acids is 1. The Morgan fingerprint density at radius 3 is 2.50 bits per heavy atom. The summed E-state index contributed by atoms with van der Waals surface area (Å²) in [7, 11) is 0. The van der Waals surface area contributed by atoms with E-state index in [0.29, 0.717) is 24.5 Å². The monoisotopic (exact) mass is 357 g/mol. The Kier molecular flexibility index (Phi) is 5.67. The van der Waals surface area contributed by atoms with Gasteiger partial charge in [0.25, 0.3) is 0 Å². The maximum Gasteiger partial charge on any atom is 0.348 e. The van der Waals surface area contributed by atoms with Crippen LogP contribution in [0.3, 0.4) is 0 Å². The Hall–Kier alpha value is -2.27. The molecular weight excluding hydrogens is 330 g/mol. The van der Waals surface area contributed by atoms with Gasteiger partial charge >= 0.3 is 5.97 Å². The highest BCUT2D eigenvalue weighted by atomic mass is 16.5. The molecule has 1 unspecified atom stereocenters. The Balaban J connectivity index is 1.54. The third-order valence-corrected chi connectivity index (χ3v) is 5.24. The molecule has 0 radical (unpaired) electrons. The van der Waals surface area contributed by atoms with Crippen molar-refractivity contribution in [3.63, 3.8) is 0 Å². The van der Waals surface area contributed by atoms with E-state index in [1.807, 2.05) is 49.4 Å². The fourth-order valence-electron chi connectivity index (χ4n) is 3.45. The Labute approximate surface area is 154 Å². The predicted octanol–water partition coefficient (Wildman–Crippen LogP) is 4.08. The Bertz CT molecular complexity index is 717. The SMILES string of the molecule is Cc1ccc(C(C)CCN2CCC(Oc3ccccc3)(C(=O)O)CC2)o1. The maximum absolute atomic E-state index is 11.9. The zero-order chi connectivity index (χ0) is 18.6. The molecule has 140 valence electrons. The lowest BCUT2D eigenvalue weighted by Crippen LogP contribution is -2.53. The molecule has 26 heavy (non-hydrogen) atoms. The highest BCUT2D eigenvalue weighted by Crippen LogP contribution is 2.30. The topological polar surface area (TPSA) is 62.9 Å². The fraction of sp³-hybridized carbons (Fsp3) is 0.476. The van der Waals surface area contributed by atoms with Crippen molar-refractivity contribution in [2.24, 2.45) is 0 Å². The highest BCUT2D eigenvalue weighted by molar-refractivity contribution is 5.78. The summed E-state index contributed by atoms with van der Waals surface area (Å²) in [5, 5.41) is 9.75. The number of nitrogens with zero attached hydrogens (tertiary/aromatic N) is 1. The lowest BCUT2D eigenvalue weighted by molar-refractivity contribution is -0.159. The van der Waals surface area contributed by atoms with E-state index in [4.69, 9.17) is 9.15 Å². The summed E-state index contributed by atoms with van der Waals surface area (Å²) in [6.45, 7) is 6.51. The van der Waals surface area contributed by atoms with E-state index in [0.717, 1.165) is 37.6 Å². The largest absolute Gasteiger partial charge is 0.478 e. The normalized spacial score (nSPS) is 18.4. The van der Waals surface area contributed by atoms with Gasteiger partial charge in [-0.15, -0.1) is 0 Å². The quantitative estimate of drug-likeness (QED) is 0.809. The van der Waals surface area contributed by atoms with Crippen LogP contribution in [0.5, 0.6) is 5.75 Å². The molecule has 3 rings (SSSR count). The predicted molar refractivity (Wildman–Crippen MR) is 99.6 cm³/mol. The first-order chi connectivity index (χ1) is 12.5. The van der Waals surface area contributed by atoms with Crippen LogP contribution in [-0.4, -0.2) is 41.2 Å². The van der Waals surface area contributed by atoms with Crippen molar-refractivity contribution in [2.75, 3.05) is 19.6 Å². The molecule has 0 aliphatic carbocycles.